The summed E-state index contributed by atoms with van der Waals surface area (Å²) < 4.78 is 69.7. The Balaban J connectivity index is 1.77. The van der Waals surface area contributed by atoms with Gasteiger partial charge in [-0.25, -0.2) is 8.42 Å². The highest BCUT2D eigenvalue weighted by molar-refractivity contribution is 7.92. The molecular formula is C19H14F3NO3S. The highest BCUT2D eigenvalue weighted by Crippen LogP contribution is 2.37. The molecule has 0 aliphatic heterocycles. The predicted octanol–water partition coefficient (Wildman–Crippen LogP) is 4.64. The van der Waals surface area contributed by atoms with E-state index in [0.29, 0.717) is 5.69 Å². The minimum atomic E-state index is -4.99. The standard InChI is InChI=1S/C19H14F3NO3S/c20-19(21,22)26-16-6-1-2-7-17(16)27(24,25)23-15-11-10-13-9-8-12-4-3-5-14(15)18(12)13/h1-7,10-11,23H,8-9H2. The Morgan fingerprint density at radius 2 is 1.59 bits per heavy atom. The zero-order chi connectivity index (χ0) is 19.2. The molecule has 0 saturated carbocycles. The van der Waals surface area contributed by atoms with E-state index in [1.807, 2.05) is 18.2 Å². The van der Waals surface area contributed by atoms with Crippen LogP contribution >= 0.6 is 0 Å². The lowest BCUT2D eigenvalue weighted by Gasteiger charge is -2.15. The average Bonchev–Trinajstić information content (AvgIpc) is 3.01. The van der Waals surface area contributed by atoms with Crippen LogP contribution in [0.5, 0.6) is 5.75 Å². The lowest BCUT2D eigenvalue weighted by Crippen LogP contribution is -2.21. The number of alkyl halides is 3. The van der Waals surface area contributed by atoms with Crippen molar-refractivity contribution < 1.29 is 26.3 Å². The number of sulfonamides is 1. The molecule has 4 rings (SSSR count). The van der Waals surface area contributed by atoms with Crippen molar-refractivity contribution in [2.45, 2.75) is 24.1 Å². The molecule has 0 bridgehead atoms. The molecule has 1 N–H and O–H groups in total. The van der Waals surface area contributed by atoms with Gasteiger partial charge < -0.3 is 4.74 Å². The van der Waals surface area contributed by atoms with Crippen molar-refractivity contribution in [3.8, 4) is 5.75 Å². The fourth-order valence-electron chi connectivity index (χ4n) is 3.42. The zero-order valence-electron chi connectivity index (χ0n) is 13.9. The van der Waals surface area contributed by atoms with Gasteiger partial charge in [0.2, 0.25) is 0 Å². The van der Waals surface area contributed by atoms with Crippen LogP contribution in [-0.4, -0.2) is 14.8 Å². The van der Waals surface area contributed by atoms with Crippen LogP contribution in [0.2, 0.25) is 0 Å². The van der Waals surface area contributed by atoms with Gasteiger partial charge >= 0.3 is 6.36 Å². The molecule has 27 heavy (non-hydrogen) atoms. The van der Waals surface area contributed by atoms with Gasteiger partial charge in [-0.1, -0.05) is 36.4 Å². The SMILES string of the molecule is O=S(=O)(Nc1ccc2c3c(cccc13)CC2)c1ccccc1OC(F)(F)F. The van der Waals surface area contributed by atoms with Gasteiger partial charge in [0.25, 0.3) is 10.0 Å². The smallest absolute Gasteiger partial charge is 0.404 e. The van der Waals surface area contributed by atoms with Gasteiger partial charge in [0.05, 0.1) is 5.69 Å². The largest absolute Gasteiger partial charge is 0.573 e. The summed E-state index contributed by atoms with van der Waals surface area (Å²) in [6.45, 7) is 0. The van der Waals surface area contributed by atoms with Crippen molar-refractivity contribution in [3.63, 3.8) is 0 Å². The monoisotopic (exact) mass is 393 g/mol. The van der Waals surface area contributed by atoms with Crippen LogP contribution in [0.25, 0.3) is 10.8 Å². The molecule has 3 aromatic rings. The quantitative estimate of drug-likeness (QED) is 0.703. The van der Waals surface area contributed by atoms with Crippen LogP contribution < -0.4 is 9.46 Å². The molecule has 0 amide bonds. The van der Waals surface area contributed by atoms with E-state index in [9.17, 15) is 21.6 Å². The first kappa shape index (κ1) is 17.7. The number of hydrogen-bond acceptors (Lipinski definition) is 3. The first-order valence-electron chi connectivity index (χ1n) is 8.16. The van der Waals surface area contributed by atoms with Crippen LogP contribution in [0.3, 0.4) is 0 Å². The lowest BCUT2D eigenvalue weighted by molar-refractivity contribution is -0.275. The van der Waals surface area contributed by atoms with E-state index in [1.165, 1.54) is 12.1 Å². The minimum absolute atomic E-state index is 0.319. The number of ether oxygens (including phenoxy) is 1. The Morgan fingerprint density at radius 1 is 0.889 bits per heavy atom. The van der Waals surface area contributed by atoms with E-state index in [0.717, 1.165) is 46.9 Å². The third-order valence-corrected chi connectivity index (χ3v) is 5.89. The van der Waals surface area contributed by atoms with E-state index in [-0.39, 0.29) is 0 Å². The molecule has 0 unspecified atom stereocenters. The van der Waals surface area contributed by atoms with Crippen molar-refractivity contribution in [1.29, 1.82) is 0 Å². The number of anilines is 1. The summed E-state index contributed by atoms with van der Waals surface area (Å²) in [5.74, 6) is -0.775. The maximum absolute atomic E-state index is 12.8. The molecule has 0 saturated heterocycles. The Bertz CT molecular complexity index is 1130. The fourth-order valence-corrected chi connectivity index (χ4v) is 4.63. The fraction of sp³-hybridized carbons (Fsp3) is 0.158. The van der Waals surface area contributed by atoms with Gasteiger partial charge in [0.15, 0.2) is 0 Å². The van der Waals surface area contributed by atoms with E-state index in [4.69, 9.17) is 0 Å². The molecular weight excluding hydrogens is 379 g/mol. The molecule has 0 radical (unpaired) electrons. The summed E-state index contributed by atoms with van der Waals surface area (Å²) in [4.78, 5) is -0.578. The van der Waals surface area contributed by atoms with Crippen molar-refractivity contribution in [1.82, 2.24) is 0 Å². The summed E-state index contributed by atoms with van der Waals surface area (Å²) in [7, 11) is -4.29. The molecule has 0 aromatic heterocycles. The molecule has 0 atom stereocenters. The molecule has 1 aliphatic carbocycles. The molecule has 0 heterocycles. The number of para-hydroxylation sites is 1. The van der Waals surface area contributed by atoms with E-state index in [1.54, 1.807) is 12.1 Å². The Hall–Kier alpha value is -2.74. The summed E-state index contributed by atoms with van der Waals surface area (Å²) in [6.07, 6.45) is -3.23. The maximum Gasteiger partial charge on any atom is 0.573 e. The summed E-state index contributed by atoms with van der Waals surface area (Å²) >= 11 is 0. The number of hydrogen-bond donors (Lipinski definition) is 1. The molecule has 140 valence electrons. The number of benzene rings is 3. The Morgan fingerprint density at radius 3 is 2.33 bits per heavy atom. The first-order valence-corrected chi connectivity index (χ1v) is 9.64. The van der Waals surface area contributed by atoms with Crippen LogP contribution in [0.4, 0.5) is 18.9 Å². The molecule has 0 spiro atoms. The second-order valence-corrected chi connectivity index (χ2v) is 7.86. The average molecular weight is 393 g/mol. The minimum Gasteiger partial charge on any atom is -0.404 e. The molecule has 0 fully saturated rings. The van der Waals surface area contributed by atoms with Crippen molar-refractivity contribution in [2.24, 2.45) is 0 Å². The highest BCUT2D eigenvalue weighted by atomic mass is 32.2. The second kappa shape index (κ2) is 6.16. The zero-order valence-corrected chi connectivity index (χ0v) is 14.7. The maximum atomic E-state index is 12.8. The summed E-state index contributed by atoms with van der Waals surface area (Å²) in [5.41, 5.74) is 2.58. The van der Waals surface area contributed by atoms with E-state index < -0.39 is 27.0 Å². The molecule has 8 heteroatoms. The number of aryl methyl sites for hydroxylation is 2. The van der Waals surface area contributed by atoms with Gasteiger partial charge in [-0.15, -0.1) is 13.2 Å². The third kappa shape index (κ3) is 3.32. The highest BCUT2D eigenvalue weighted by Gasteiger charge is 2.34. The van der Waals surface area contributed by atoms with Gasteiger partial charge in [0.1, 0.15) is 10.6 Å². The Kier molecular flexibility index (Phi) is 4.03. The predicted molar refractivity (Wildman–Crippen MR) is 95.3 cm³/mol. The van der Waals surface area contributed by atoms with E-state index in [2.05, 4.69) is 9.46 Å². The van der Waals surface area contributed by atoms with Crippen molar-refractivity contribution in [3.05, 3.63) is 65.7 Å². The van der Waals surface area contributed by atoms with E-state index >= 15 is 0 Å². The van der Waals surface area contributed by atoms with Crippen molar-refractivity contribution >= 4 is 26.5 Å². The lowest BCUT2D eigenvalue weighted by atomic mass is 10.0. The van der Waals surface area contributed by atoms with Crippen LogP contribution in [-0.2, 0) is 22.9 Å². The Labute approximate surface area is 153 Å². The summed E-state index contributed by atoms with van der Waals surface area (Å²) in [5, 5.41) is 1.72. The van der Waals surface area contributed by atoms with Gasteiger partial charge in [-0.2, -0.15) is 0 Å². The van der Waals surface area contributed by atoms with Crippen LogP contribution in [0.15, 0.2) is 59.5 Å². The van der Waals surface area contributed by atoms with Gasteiger partial charge in [0, 0.05) is 5.39 Å². The third-order valence-electron chi connectivity index (χ3n) is 4.49. The number of halogens is 3. The first-order chi connectivity index (χ1) is 12.7. The second-order valence-electron chi connectivity index (χ2n) is 6.21. The van der Waals surface area contributed by atoms with Gasteiger partial charge in [-0.05, 0) is 47.6 Å². The van der Waals surface area contributed by atoms with Crippen molar-refractivity contribution in [2.75, 3.05) is 4.72 Å². The molecule has 4 nitrogen and oxygen atoms in total. The number of nitrogens with one attached hydrogen (secondary N) is 1. The summed E-state index contributed by atoms with van der Waals surface area (Å²) in [6, 6.07) is 13.8. The number of rotatable bonds is 4. The normalized spacial score (nSPS) is 13.7. The van der Waals surface area contributed by atoms with Crippen LogP contribution in [0.1, 0.15) is 11.1 Å². The topological polar surface area (TPSA) is 55.4 Å². The van der Waals surface area contributed by atoms with Gasteiger partial charge in [-0.3, -0.25) is 4.72 Å². The van der Waals surface area contributed by atoms with Crippen LogP contribution in [0, 0.1) is 0 Å². The molecule has 3 aromatic carbocycles. The molecule has 1 aliphatic rings.